The Bertz CT molecular complexity index is 417. The van der Waals surface area contributed by atoms with Gasteiger partial charge >= 0.3 is 5.97 Å². The van der Waals surface area contributed by atoms with Crippen LogP contribution in [0.5, 0.6) is 0 Å². The van der Waals surface area contributed by atoms with Gasteiger partial charge in [-0.05, 0) is 51.2 Å². The first-order valence-electron chi connectivity index (χ1n) is 6.42. The van der Waals surface area contributed by atoms with Gasteiger partial charge in [0.2, 0.25) is 0 Å². The fraction of sp³-hybridized carbons (Fsp3) is 0.571. The summed E-state index contributed by atoms with van der Waals surface area (Å²) in [4.78, 5) is 15.5. The fourth-order valence-electron chi connectivity index (χ4n) is 1.85. The van der Waals surface area contributed by atoms with Gasteiger partial charge in [0.15, 0.2) is 0 Å². The minimum atomic E-state index is -0.120. The third-order valence-corrected chi connectivity index (χ3v) is 2.90. The van der Waals surface area contributed by atoms with Crippen molar-refractivity contribution in [1.29, 1.82) is 0 Å². The van der Waals surface area contributed by atoms with Crippen molar-refractivity contribution in [2.24, 2.45) is 0 Å². The summed E-state index contributed by atoms with van der Waals surface area (Å²) in [6.07, 6.45) is 3.09. The molecular formula is C14H22N2O2. The Balaban J connectivity index is 2.40. The van der Waals surface area contributed by atoms with E-state index >= 15 is 0 Å². The Kier molecular flexibility index (Phi) is 5.62. The number of aromatic nitrogens is 1. The molecule has 18 heavy (non-hydrogen) atoms. The van der Waals surface area contributed by atoms with Gasteiger partial charge in [0.1, 0.15) is 5.82 Å². The van der Waals surface area contributed by atoms with Crippen LogP contribution in [-0.4, -0.2) is 17.6 Å². The fourth-order valence-corrected chi connectivity index (χ4v) is 1.85. The van der Waals surface area contributed by atoms with Gasteiger partial charge in [0.05, 0.1) is 6.61 Å². The van der Waals surface area contributed by atoms with Crippen molar-refractivity contribution < 1.29 is 9.53 Å². The molecule has 4 nitrogen and oxygen atoms in total. The number of anilines is 1. The number of nitrogens with zero attached hydrogens (tertiary/aromatic N) is 1. The molecule has 0 saturated heterocycles. The minimum Gasteiger partial charge on any atom is -0.466 e. The lowest BCUT2D eigenvalue weighted by atomic mass is 10.1. The molecule has 0 bridgehead atoms. The maximum Gasteiger partial charge on any atom is 0.305 e. The summed E-state index contributed by atoms with van der Waals surface area (Å²) in [5, 5.41) is 0. The number of hydrogen-bond donors (Lipinski definition) is 1. The molecule has 0 aliphatic rings. The van der Waals surface area contributed by atoms with Crippen molar-refractivity contribution >= 4 is 11.8 Å². The normalized spacial score (nSPS) is 10.4. The molecule has 1 aromatic heterocycles. The number of unbranched alkanes of at least 4 members (excludes halogenated alkanes) is 1. The molecule has 0 aliphatic heterocycles. The van der Waals surface area contributed by atoms with Gasteiger partial charge in [0, 0.05) is 12.1 Å². The standard InChI is InChI=1S/C14H22N2O2/c1-4-18-13(17)8-6-5-7-12-10(2)9-11(3)14(15)16-12/h9H,4-8H2,1-3H3,(H2,15,16). The highest BCUT2D eigenvalue weighted by Crippen LogP contribution is 2.15. The Morgan fingerprint density at radius 1 is 1.33 bits per heavy atom. The first kappa shape index (κ1) is 14.5. The summed E-state index contributed by atoms with van der Waals surface area (Å²) >= 11 is 0. The second kappa shape index (κ2) is 6.99. The lowest BCUT2D eigenvalue weighted by molar-refractivity contribution is -0.143. The molecule has 0 atom stereocenters. The van der Waals surface area contributed by atoms with Crippen LogP contribution in [0, 0.1) is 13.8 Å². The largest absolute Gasteiger partial charge is 0.466 e. The van der Waals surface area contributed by atoms with Crippen LogP contribution in [0.3, 0.4) is 0 Å². The van der Waals surface area contributed by atoms with E-state index < -0.39 is 0 Å². The SMILES string of the molecule is CCOC(=O)CCCCc1nc(N)c(C)cc1C. The van der Waals surface area contributed by atoms with E-state index in [4.69, 9.17) is 10.5 Å². The quantitative estimate of drug-likeness (QED) is 0.622. The van der Waals surface area contributed by atoms with Crippen molar-refractivity contribution in [1.82, 2.24) is 4.98 Å². The van der Waals surface area contributed by atoms with E-state index in [0.29, 0.717) is 18.8 Å². The Morgan fingerprint density at radius 2 is 2.06 bits per heavy atom. The second-order valence-corrected chi connectivity index (χ2v) is 4.47. The van der Waals surface area contributed by atoms with Crippen LogP contribution in [-0.2, 0) is 16.0 Å². The number of nitrogen functional groups attached to an aromatic ring is 1. The number of hydrogen-bond acceptors (Lipinski definition) is 4. The molecule has 1 rings (SSSR count). The van der Waals surface area contributed by atoms with Gasteiger partial charge in [-0.1, -0.05) is 6.07 Å². The molecular weight excluding hydrogens is 228 g/mol. The molecule has 0 amide bonds. The van der Waals surface area contributed by atoms with Gasteiger partial charge in [-0.25, -0.2) is 4.98 Å². The average Bonchev–Trinajstić information content (AvgIpc) is 2.31. The molecule has 0 unspecified atom stereocenters. The predicted octanol–water partition coefficient (Wildman–Crippen LogP) is 2.56. The number of carbonyl (C=O) groups is 1. The van der Waals surface area contributed by atoms with Crippen LogP contribution in [0.25, 0.3) is 0 Å². The zero-order valence-corrected chi connectivity index (χ0v) is 11.5. The van der Waals surface area contributed by atoms with Gasteiger partial charge in [-0.2, -0.15) is 0 Å². The van der Waals surface area contributed by atoms with Gasteiger partial charge < -0.3 is 10.5 Å². The van der Waals surface area contributed by atoms with E-state index in [1.165, 1.54) is 0 Å². The molecule has 0 spiro atoms. The molecule has 4 heteroatoms. The number of pyridine rings is 1. The Labute approximate surface area is 109 Å². The lowest BCUT2D eigenvalue weighted by Gasteiger charge is -2.08. The summed E-state index contributed by atoms with van der Waals surface area (Å²) in [6.45, 7) is 6.27. The summed E-state index contributed by atoms with van der Waals surface area (Å²) in [7, 11) is 0. The highest BCUT2D eigenvalue weighted by atomic mass is 16.5. The van der Waals surface area contributed by atoms with Crippen LogP contribution in [0.15, 0.2) is 6.07 Å². The number of aryl methyl sites for hydroxylation is 3. The van der Waals surface area contributed by atoms with Crippen LogP contribution < -0.4 is 5.73 Å². The lowest BCUT2D eigenvalue weighted by Crippen LogP contribution is -2.05. The maximum atomic E-state index is 11.2. The predicted molar refractivity (Wildman–Crippen MR) is 72.3 cm³/mol. The molecule has 0 radical (unpaired) electrons. The molecule has 1 heterocycles. The molecule has 2 N–H and O–H groups in total. The van der Waals surface area contributed by atoms with E-state index in [1.807, 2.05) is 20.8 Å². The van der Waals surface area contributed by atoms with Gasteiger partial charge in [0.25, 0.3) is 0 Å². The first-order valence-corrected chi connectivity index (χ1v) is 6.42. The van der Waals surface area contributed by atoms with Crippen molar-refractivity contribution in [3.05, 3.63) is 22.9 Å². The van der Waals surface area contributed by atoms with Crippen LogP contribution >= 0.6 is 0 Å². The summed E-state index contributed by atoms with van der Waals surface area (Å²) in [5.74, 6) is 0.478. The van der Waals surface area contributed by atoms with Crippen LogP contribution in [0.4, 0.5) is 5.82 Å². The smallest absolute Gasteiger partial charge is 0.305 e. The Morgan fingerprint density at radius 3 is 2.72 bits per heavy atom. The average molecular weight is 250 g/mol. The topological polar surface area (TPSA) is 65.2 Å². The van der Waals surface area contributed by atoms with E-state index in [-0.39, 0.29) is 5.97 Å². The van der Waals surface area contributed by atoms with Crippen LogP contribution in [0.2, 0.25) is 0 Å². The van der Waals surface area contributed by atoms with E-state index in [1.54, 1.807) is 0 Å². The van der Waals surface area contributed by atoms with Crippen LogP contribution in [0.1, 0.15) is 43.0 Å². The summed E-state index contributed by atoms with van der Waals surface area (Å²) < 4.78 is 4.88. The minimum absolute atomic E-state index is 0.120. The number of ether oxygens (including phenoxy) is 1. The van der Waals surface area contributed by atoms with Crippen molar-refractivity contribution in [3.8, 4) is 0 Å². The van der Waals surface area contributed by atoms with Crippen molar-refractivity contribution in [2.75, 3.05) is 12.3 Å². The highest BCUT2D eigenvalue weighted by Gasteiger charge is 2.05. The second-order valence-electron chi connectivity index (χ2n) is 4.47. The Hall–Kier alpha value is -1.58. The zero-order valence-electron chi connectivity index (χ0n) is 11.5. The highest BCUT2D eigenvalue weighted by molar-refractivity contribution is 5.69. The summed E-state index contributed by atoms with van der Waals surface area (Å²) in [5.41, 5.74) is 9.01. The maximum absolute atomic E-state index is 11.2. The van der Waals surface area contributed by atoms with E-state index in [2.05, 4.69) is 11.1 Å². The third kappa shape index (κ3) is 4.35. The van der Waals surface area contributed by atoms with Crippen molar-refractivity contribution in [2.45, 2.75) is 46.5 Å². The van der Waals surface area contributed by atoms with Gasteiger partial charge in [-0.3, -0.25) is 4.79 Å². The van der Waals surface area contributed by atoms with E-state index in [9.17, 15) is 4.79 Å². The first-order chi connectivity index (χ1) is 8.54. The van der Waals surface area contributed by atoms with Gasteiger partial charge in [-0.15, -0.1) is 0 Å². The molecule has 1 aromatic rings. The van der Waals surface area contributed by atoms with Crippen molar-refractivity contribution in [3.63, 3.8) is 0 Å². The number of rotatable bonds is 6. The third-order valence-electron chi connectivity index (χ3n) is 2.90. The molecule has 0 aliphatic carbocycles. The number of carbonyl (C=O) groups excluding carboxylic acids is 1. The molecule has 100 valence electrons. The molecule has 0 saturated carbocycles. The number of esters is 1. The van der Waals surface area contributed by atoms with E-state index in [0.717, 1.165) is 36.1 Å². The summed E-state index contributed by atoms with van der Waals surface area (Å²) in [6, 6.07) is 2.06. The number of nitrogens with two attached hydrogens (primary N) is 1. The molecule has 0 aromatic carbocycles. The zero-order chi connectivity index (χ0) is 13.5. The molecule has 0 fully saturated rings. The monoisotopic (exact) mass is 250 g/mol.